The molecule has 1 heterocycles. The van der Waals surface area contributed by atoms with Gasteiger partial charge in [-0.15, -0.1) is 0 Å². The van der Waals surface area contributed by atoms with Gasteiger partial charge in [-0.05, 0) is 12.5 Å². The molecule has 1 aromatic carbocycles. The van der Waals surface area contributed by atoms with Gasteiger partial charge >= 0.3 is 6.03 Å². The maximum Gasteiger partial charge on any atom is 0.317 e. The fraction of sp³-hybridized carbons (Fsp3) is 0.500. The third kappa shape index (κ3) is 3.38. The number of nitrogens with zero attached hydrogens (tertiary/aromatic N) is 1. The summed E-state index contributed by atoms with van der Waals surface area (Å²) >= 11 is 0. The summed E-state index contributed by atoms with van der Waals surface area (Å²) in [6.07, 6.45) is 0.870. The van der Waals surface area contributed by atoms with Gasteiger partial charge in [-0.25, -0.2) is 4.79 Å². The van der Waals surface area contributed by atoms with E-state index in [2.05, 4.69) is 12.2 Å². The van der Waals surface area contributed by atoms with Crippen LogP contribution in [0.15, 0.2) is 24.3 Å². The summed E-state index contributed by atoms with van der Waals surface area (Å²) < 4.78 is 5.77. The minimum Gasteiger partial charge on any atom is -0.491 e. The van der Waals surface area contributed by atoms with Crippen molar-refractivity contribution in [3.8, 4) is 5.75 Å². The van der Waals surface area contributed by atoms with Crippen LogP contribution >= 0.6 is 0 Å². The number of nitrogens with two attached hydrogens (primary N) is 1. The van der Waals surface area contributed by atoms with Crippen molar-refractivity contribution >= 4 is 6.03 Å². The highest BCUT2D eigenvalue weighted by molar-refractivity contribution is 5.76. The van der Waals surface area contributed by atoms with Crippen LogP contribution in [0.3, 0.4) is 0 Å². The number of urea groups is 1. The Bertz CT molecular complexity index is 436. The highest BCUT2D eigenvalue weighted by atomic mass is 16.5. The Hall–Kier alpha value is -1.75. The van der Waals surface area contributed by atoms with Gasteiger partial charge in [0.25, 0.3) is 0 Å². The van der Waals surface area contributed by atoms with Gasteiger partial charge in [-0.3, -0.25) is 0 Å². The molecule has 104 valence electrons. The number of hydrogen-bond acceptors (Lipinski definition) is 3. The van der Waals surface area contributed by atoms with Crippen LogP contribution < -0.4 is 15.8 Å². The van der Waals surface area contributed by atoms with Crippen LogP contribution in [0.5, 0.6) is 5.75 Å². The molecule has 0 aromatic heterocycles. The smallest absolute Gasteiger partial charge is 0.317 e. The first kappa shape index (κ1) is 13.7. The molecule has 1 atom stereocenters. The lowest BCUT2D eigenvalue weighted by molar-refractivity contribution is 0.202. The topological polar surface area (TPSA) is 67.6 Å². The molecule has 19 heavy (non-hydrogen) atoms. The Morgan fingerprint density at radius 1 is 1.47 bits per heavy atom. The van der Waals surface area contributed by atoms with Gasteiger partial charge in [0.15, 0.2) is 0 Å². The Balaban J connectivity index is 1.90. The van der Waals surface area contributed by atoms with E-state index in [0.717, 1.165) is 30.8 Å². The third-order valence-electron chi connectivity index (χ3n) is 3.32. The van der Waals surface area contributed by atoms with Crippen molar-refractivity contribution in [2.45, 2.75) is 19.4 Å². The SMILES string of the molecule is CCC(N)c1ccccc1OCCN1CCNC1=O. The monoisotopic (exact) mass is 263 g/mol. The molecule has 1 aromatic rings. The van der Waals surface area contributed by atoms with E-state index in [4.69, 9.17) is 10.5 Å². The number of amides is 2. The number of para-hydroxylation sites is 1. The molecular formula is C14H21N3O2. The zero-order valence-corrected chi connectivity index (χ0v) is 11.3. The van der Waals surface area contributed by atoms with Crippen molar-refractivity contribution in [2.75, 3.05) is 26.2 Å². The van der Waals surface area contributed by atoms with Gasteiger partial charge < -0.3 is 20.7 Å². The van der Waals surface area contributed by atoms with Crippen molar-refractivity contribution in [3.05, 3.63) is 29.8 Å². The molecule has 0 saturated carbocycles. The molecular weight excluding hydrogens is 242 g/mol. The molecule has 5 nitrogen and oxygen atoms in total. The van der Waals surface area contributed by atoms with Crippen LogP contribution in [0.25, 0.3) is 0 Å². The minimum absolute atomic E-state index is 0.00807. The summed E-state index contributed by atoms with van der Waals surface area (Å²) in [6.45, 7) is 4.60. The fourth-order valence-corrected chi connectivity index (χ4v) is 2.13. The quantitative estimate of drug-likeness (QED) is 0.817. The zero-order chi connectivity index (χ0) is 13.7. The number of hydrogen-bond donors (Lipinski definition) is 2. The Labute approximate surface area is 113 Å². The highest BCUT2D eigenvalue weighted by Crippen LogP contribution is 2.25. The molecule has 1 aliphatic rings. The van der Waals surface area contributed by atoms with E-state index in [9.17, 15) is 4.79 Å². The maximum atomic E-state index is 11.4. The number of carbonyl (C=O) groups is 1. The van der Waals surface area contributed by atoms with Gasteiger partial charge in [-0.1, -0.05) is 25.1 Å². The van der Waals surface area contributed by atoms with Crippen molar-refractivity contribution in [1.82, 2.24) is 10.2 Å². The van der Waals surface area contributed by atoms with Crippen LogP contribution in [0.1, 0.15) is 24.9 Å². The van der Waals surface area contributed by atoms with E-state index < -0.39 is 0 Å². The second kappa shape index (κ2) is 6.43. The van der Waals surface area contributed by atoms with Gasteiger partial charge in [0.05, 0.1) is 6.54 Å². The standard InChI is InChI=1S/C14H21N3O2/c1-2-12(15)11-5-3-4-6-13(11)19-10-9-17-8-7-16-14(17)18/h3-6,12H,2,7-10,15H2,1H3,(H,16,18). The average Bonchev–Trinajstić information content (AvgIpc) is 2.84. The Morgan fingerprint density at radius 2 is 2.26 bits per heavy atom. The van der Waals surface area contributed by atoms with Gasteiger partial charge in [0, 0.05) is 24.7 Å². The summed E-state index contributed by atoms with van der Waals surface area (Å²) in [5, 5.41) is 2.77. The first-order valence-corrected chi connectivity index (χ1v) is 6.72. The molecule has 2 amide bonds. The van der Waals surface area contributed by atoms with Crippen molar-refractivity contribution < 1.29 is 9.53 Å². The summed E-state index contributed by atoms with van der Waals surface area (Å²) in [4.78, 5) is 13.1. The first-order valence-electron chi connectivity index (χ1n) is 6.72. The largest absolute Gasteiger partial charge is 0.491 e. The van der Waals surface area contributed by atoms with Gasteiger partial charge in [0.2, 0.25) is 0 Å². The summed E-state index contributed by atoms with van der Waals surface area (Å²) in [5.41, 5.74) is 7.08. The molecule has 0 radical (unpaired) electrons. The van der Waals surface area contributed by atoms with Crippen molar-refractivity contribution in [3.63, 3.8) is 0 Å². The Morgan fingerprint density at radius 3 is 2.95 bits per heavy atom. The summed E-state index contributed by atoms with van der Waals surface area (Å²) in [6, 6.07) is 7.80. The lowest BCUT2D eigenvalue weighted by atomic mass is 10.0. The molecule has 0 bridgehead atoms. The van der Waals surface area contributed by atoms with E-state index in [-0.39, 0.29) is 12.1 Å². The van der Waals surface area contributed by atoms with E-state index in [0.29, 0.717) is 13.2 Å². The maximum absolute atomic E-state index is 11.4. The number of carbonyl (C=O) groups excluding carboxylic acids is 1. The normalized spacial score (nSPS) is 16.3. The molecule has 1 saturated heterocycles. The van der Waals surface area contributed by atoms with Crippen LogP contribution in [-0.4, -0.2) is 37.2 Å². The van der Waals surface area contributed by atoms with Crippen molar-refractivity contribution in [1.29, 1.82) is 0 Å². The molecule has 5 heteroatoms. The Kier molecular flexibility index (Phi) is 4.63. The van der Waals surface area contributed by atoms with E-state index in [1.165, 1.54) is 0 Å². The molecule has 1 unspecified atom stereocenters. The molecule has 1 aliphatic heterocycles. The van der Waals surface area contributed by atoms with Crippen LogP contribution in [-0.2, 0) is 0 Å². The van der Waals surface area contributed by atoms with E-state index >= 15 is 0 Å². The minimum atomic E-state index is -0.0119. The number of ether oxygens (including phenoxy) is 1. The number of nitrogens with one attached hydrogen (secondary N) is 1. The molecule has 0 aliphatic carbocycles. The predicted molar refractivity (Wildman–Crippen MR) is 74.1 cm³/mol. The predicted octanol–water partition coefficient (Wildman–Crippen LogP) is 1.50. The fourth-order valence-electron chi connectivity index (χ4n) is 2.13. The number of benzene rings is 1. The zero-order valence-electron chi connectivity index (χ0n) is 11.3. The molecule has 3 N–H and O–H groups in total. The molecule has 0 spiro atoms. The second-order valence-electron chi connectivity index (χ2n) is 4.62. The third-order valence-corrected chi connectivity index (χ3v) is 3.32. The average molecular weight is 263 g/mol. The summed E-state index contributed by atoms with van der Waals surface area (Å²) in [7, 11) is 0. The summed E-state index contributed by atoms with van der Waals surface area (Å²) in [5.74, 6) is 0.816. The first-order chi connectivity index (χ1) is 9.22. The number of rotatable bonds is 6. The lowest BCUT2D eigenvalue weighted by Crippen LogP contribution is -2.32. The highest BCUT2D eigenvalue weighted by Gasteiger charge is 2.19. The van der Waals surface area contributed by atoms with Crippen LogP contribution in [0.2, 0.25) is 0 Å². The molecule has 2 rings (SSSR count). The van der Waals surface area contributed by atoms with Crippen molar-refractivity contribution in [2.24, 2.45) is 5.73 Å². The lowest BCUT2D eigenvalue weighted by Gasteiger charge is -2.18. The van der Waals surface area contributed by atoms with Crippen LogP contribution in [0.4, 0.5) is 4.79 Å². The molecule has 1 fully saturated rings. The van der Waals surface area contributed by atoms with E-state index in [1.807, 2.05) is 24.3 Å². The van der Waals surface area contributed by atoms with Gasteiger partial charge in [-0.2, -0.15) is 0 Å². The van der Waals surface area contributed by atoms with E-state index in [1.54, 1.807) is 4.90 Å². The second-order valence-corrected chi connectivity index (χ2v) is 4.62. The van der Waals surface area contributed by atoms with Crippen LogP contribution in [0, 0.1) is 0 Å². The van der Waals surface area contributed by atoms with Gasteiger partial charge in [0.1, 0.15) is 12.4 Å².